The number of hydrogen-bond acceptors (Lipinski definition) is 3. The molecule has 0 radical (unpaired) electrons. The molecule has 100 valence electrons. The van der Waals surface area contributed by atoms with Gasteiger partial charge in [0.2, 0.25) is 5.91 Å². The van der Waals surface area contributed by atoms with E-state index >= 15 is 0 Å². The van der Waals surface area contributed by atoms with Crippen LogP contribution in [-0.2, 0) is 11.3 Å². The molecule has 1 unspecified atom stereocenters. The van der Waals surface area contributed by atoms with Gasteiger partial charge in [-0.05, 0) is 43.3 Å². The van der Waals surface area contributed by atoms with E-state index in [9.17, 15) is 4.79 Å². The molecule has 1 aliphatic rings. The Morgan fingerprint density at radius 1 is 1.56 bits per heavy atom. The van der Waals surface area contributed by atoms with Gasteiger partial charge in [0, 0.05) is 24.4 Å². The van der Waals surface area contributed by atoms with Gasteiger partial charge in [0.15, 0.2) is 0 Å². The summed E-state index contributed by atoms with van der Waals surface area (Å²) >= 11 is 1.73. The van der Waals surface area contributed by atoms with Crippen LogP contribution < -0.4 is 5.32 Å². The van der Waals surface area contributed by atoms with E-state index in [4.69, 9.17) is 0 Å². The van der Waals surface area contributed by atoms with Gasteiger partial charge in [0.25, 0.3) is 0 Å². The van der Waals surface area contributed by atoms with Crippen LogP contribution in [0.3, 0.4) is 0 Å². The number of piperidine rings is 1. The van der Waals surface area contributed by atoms with Crippen molar-refractivity contribution in [2.45, 2.75) is 45.2 Å². The summed E-state index contributed by atoms with van der Waals surface area (Å²) in [6.45, 7) is 3.91. The van der Waals surface area contributed by atoms with Crippen LogP contribution in [0.5, 0.6) is 0 Å². The van der Waals surface area contributed by atoms with Crippen molar-refractivity contribution in [1.82, 2.24) is 10.2 Å². The third kappa shape index (κ3) is 3.56. The Labute approximate surface area is 113 Å². The van der Waals surface area contributed by atoms with E-state index in [1.54, 1.807) is 11.3 Å². The highest BCUT2D eigenvalue weighted by Gasteiger charge is 2.19. The summed E-state index contributed by atoms with van der Waals surface area (Å²) in [5.74, 6) is 0.252. The monoisotopic (exact) mass is 266 g/mol. The molecule has 2 heterocycles. The highest BCUT2D eigenvalue weighted by Crippen LogP contribution is 2.18. The molecular formula is C14H22N2OS. The van der Waals surface area contributed by atoms with Gasteiger partial charge >= 0.3 is 0 Å². The van der Waals surface area contributed by atoms with Gasteiger partial charge in [-0.15, -0.1) is 11.3 Å². The number of hydrogen-bond donors (Lipinski definition) is 1. The van der Waals surface area contributed by atoms with Crippen molar-refractivity contribution in [3.63, 3.8) is 0 Å². The fourth-order valence-electron chi connectivity index (χ4n) is 2.33. The van der Waals surface area contributed by atoms with E-state index in [1.807, 2.05) is 11.9 Å². The first-order chi connectivity index (χ1) is 8.66. The molecule has 1 amide bonds. The standard InChI is InChI=1S/C14H22N2OS/c1-11-6-8-18-13(11)10-16(2)14(17)9-12-5-3-4-7-15-12/h6,8,12,15H,3-5,7,9-10H2,1-2H3. The highest BCUT2D eigenvalue weighted by molar-refractivity contribution is 7.10. The molecule has 1 aromatic rings. The van der Waals surface area contributed by atoms with Crippen LogP contribution in [0.4, 0.5) is 0 Å². The Morgan fingerprint density at radius 3 is 3.00 bits per heavy atom. The summed E-state index contributed by atoms with van der Waals surface area (Å²) in [7, 11) is 1.91. The van der Waals surface area contributed by atoms with Gasteiger partial charge in [-0.1, -0.05) is 6.42 Å². The molecule has 4 heteroatoms. The van der Waals surface area contributed by atoms with Crippen LogP contribution in [0.2, 0.25) is 0 Å². The third-order valence-electron chi connectivity index (χ3n) is 3.61. The van der Waals surface area contributed by atoms with Gasteiger partial charge in [-0.3, -0.25) is 4.79 Å². The minimum atomic E-state index is 0.252. The molecule has 1 aromatic heterocycles. The molecule has 2 rings (SSSR count). The first-order valence-electron chi connectivity index (χ1n) is 6.67. The number of carbonyl (C=O) groups excluding carboxylic acids is 1. The lowest BCUT2D eigenvalue weighted by Gasteiger charge is -2.25. The van der Waals surface area contributed by atoms with Crippen molar-refractivity contribution in [3.05, 3.63) is 21.9 Å². The summed E-state index contributed by atoms with van der Waals surface area (Å²) < 4.78 is 0. The second-order valence-electron chi connectivity index (χ2n) is 5.13. The van der Waals surface area contributed by atoms with Crippen LogP contribution in [-0.4, -0.2) is 30.4 Å². The lowest BCUT2D eigenvalue weighted by molar-refractivity contribution is -0.131. The molecule has 0 bridgehead atoms. The Hall–Kier alpha value is -0.870. The molecule has 1 fully saturated rings. The predicted molar refractivity (Wildman–Crippen MR) is 75.8 cm³/mol. The normalized spacial score (nSPS) is 19.8. The van der Waals surface area contributed by atoms with Crippen molar-refractivity contribution in [2.75, 3.05) is 13.6 Å². The molecule has 1 aliphatic heterocycles. The second kappa shape index (κ2) is 6.34. The van der Waals surface area contributed by atoms with Crippen LogP contribution in [0.15, 0.2) is 11.4 Å². The van der Waals surface area contributed by atoms with Crippen LogP contribution in [0.1, 0.15) is 36.1 Å². The topological polar surface area (TPSA) is 32.3 Å². The molecule has 1 saturated heterocycles. The zero-order valence-electron chi connectivity index (χ0n) is 11.2. The maximum atomic E-state index is 12.1. The number of aryl methyl sites for hydroxylation is 1. The average Bonchev–Trinajstić information content (AvgIpc) is 2.76. The van der Waals surface area contributed by atoms with Crippen molar-refractivity contribution in [1.29, 1.82) is 0 Å². The number of amides is 1. The van der Waals surface area contributed by atoms with E-state index < -0.39 is 0 Å². The number of carbonyl (C=O) groups is 1. The maximum Gasteiger partial charge on any atom is 0.224 e. The molecule has 0 aromatic carbocycles. The predicted octanol–water partition coefficient (Wildman–Crippen LogP) is 2.55. The SMILES string of the molecule is Cc1ccsc1CN(C)C(=O)CC1CCCCN1. The Bertz CT molecular complexity index is 396. The van der Waals surface area contributed by atoms with Crippen LogP contribution in [0.25, 0.3) is 0 Å². The molecule has 18 heavy (non-hydrogen) atoms. The molecule has 0 aliphatic carbocycles. The largest absolute Gasteiger partial charge is 0.341 e. The lowest BCUT2D eigenvalue weighted by atomic mass is 10.0. The Kier molecular flexibility index (Phi) is 4.78. The minimum absolute atomic E-state index is 0.252. The molecule has 1 atom stereocenters. The van der Waals surface area contributed by atoms with Crippen LogP contribution in [0, 0.1) is 6.92 Å². The van der Waals surface area contributed by atoms with E-state index in [2.05, 4.69) is 23.7 Å². The van der Waals surface area contributed by atoms with E-state index in [0.717, 1.165) is 19.5 Å². The number of thiophene rings is 1. The quantitative estimate of drug-likeness (QED) is 0.908. The van der Waals surface area contributed by atoms with Crippen LogP contribution >= 0.6 is 11.3 Å². The van der Waals surface area contributed by atoms with E-state index in [-0.39, 0.29) is 5.91 Å². The summed E-state index contributed by atoms with van der Waals surface area (Å²) in [6.07, 6.45) is 4.27. The second-order valence-corrected chi connectivity index (χ2v) is 6.13. The Balaban J connectivity index is 1.83. The van der Waals surface area contributed by atoms with E-state index in [0.29, 0.717) is 12.5 Å². The number of nitrogens with zero attached hydrogens (tertiary/aromatic N) is 1. The molecule has 3 nitrogen and oxygen atoms in total. The third-order valence-corrected chi connectivity index (χ3v) is 4.62. The van der Waals surface area contributed by atoms with Crippen molar-refractivity contribution in [3.8, 4) is 0 Å². The van der Waals surface area contributed by atoms with E-state index in [1.165, 1.54) is 23.3 Å². The van der Waals surface area contributed by atoms with Gasteiger partial charge in [0.05, 0.1) is 6.54 Å². The van der Waals surface area contributed by atoms with Gasteiger partial charge < -0.3 is 10.2 Å². The van der Waals surface area contributed by atoms with Crippen molar-refractivity contribution < 1.29 is 4.79 Å². The van der Waals surface area contributed by atoms with Gasteiger partial charge in [0.1, 0.15) is 0 Å². The lowest BCUT2D eigenvalue weighted by Crippen LogP contribution is -2.39. The average molecular weight is 266 g/mol. The number of nitrogens with one attached hydrogen (secondary N) is 1. The van der Waals surface area contributed by atoms with Crippen molar-refractivity contribution in [2.24, 2.45) is 0 Å². The van der Waals surface area contributed by atoms with Gasteiger partial charge in [-0.2, -0.15) is 0 Å². The maximum absolute atomic E-state index is 12.1. The zero-order chi connectivity index (χ0) is 13.0. The summed E-state index contributed by atoms with van der Waals surface area (Å²) in [5, 5.41) is 5.52. The fourth-order valence-corrected chi connectivity index (χ4v) is 3.29. The first kappa shape index (κ1) is 13.6. The van der Waals surface area contributed by atoms with Gasteiger partial charge in [-0.25, -0.2) is 0 Å². The zero-order valence-corrected chi connectivity index (χ0v) is 12.1. The fraction of sp³-hybridized carbons (Fsp3) is 0.643. The summed E-state index contributed by atoms with van der Waals surface area (Å²) in [6, 6.07) is 2.50. The smallest absolute Gasteiger partial charge is 0.224 e. The van der Waals surface area contributed by atoms with Crippen molar-refractivity contribution >= 4 is 17.2 Å². The Morgan fingerprint density at radius 2 is 2.39 bits per heavy atom. The highest BCUT2D eigenvalue weighted by atomic mass is 32.1. The molecular weight excluding hydrogens is 244 g/mol. The molecule has 1 N–H and O–H groups in total. The summed E-state index contributed by atoms with van der Waals surface area (Å²) in [5.41, 5.74) is 1.29. The first-order valence-corrected chi connectivity index (χ1v) is 7.55. The molecule has 0 saturated carbocycles. The summed E-state index contributed by atoms with van der Waals surface area (Å²) in [4.78, 5) is 15.3. The minimum Gasteiger partial charge on any atom is -0.341 e. The number of rotatable bonds is 4. The molecule has 0 spiro atoms.